The molecule has 33 heavy (non-hydrogen) atoms. The summed E-state index contributed by atoms with van der Waals surface area (Å²) >= 11 is 0. The number of rotatable bonds is 11. The average molecular weight is 477 g/mol. The van der Waals surface area contributed by atoms with Gasteiger partial charge in [0.05, 0.1) is 0 Å². The van der Waals surface area contributed by atoms with Crippen LogP contribution in [0.5, 0.6) is 0 Å². The van der Waals surface area contributed by atoms with Crippen molar-refractivity contribution in [1.29, 1.82) is 0 Å². The standard InChI is InChI=1S/C25H40N2.2C2H6.CH5P/c1-5-10-20(4)17-23(26)15-16-27(24(11-6-2)12-7-3)25-18-21-13-8-9-14-22(21)19-25;3*1-2/h6,8-9,11-14,20,23,25H,5,7,10,15-19,26H2,1-4H3;2*1-2H3;2H2,1H3/b11-6-,24-12+;;;. The summed E-state index contributed by atoms with van der Waals surface area (Å²) in [6, 6.07) is 9.79. The Balaban J connectivity index is 0. The van der Waals surface area contributed by atoms with E-state index in [1.807, 2.05) is 34.4 Å². The molecule has 3 unspecified atom stereocenters. The fraction of sp³-hybridized carbons (Fsp3) is 0.667. The third-order valence-electron chi connectivity index (χ3n) is 5.78. The molecule has 0 fully saturated rings. The van der Waals surface area contributed by atoms with Crippen molar-refractivity contribution in [2.45, 2.75) is 112 Å². The molecule has 192 valence electrons. The Morgan fingerprint density at radius 3 is 2.06 bits per heavy atom. The highest BCUT2D eigenvalue weighted by molar-refractivity contribution is 7.15. The van der Waals surface area contributed by atoms with E-state index in [1.54, 1.807) is 0 Å². The van der Waals surface area contributed by atoms with Crippen molar-refractivity contribution in [1.82, 2.24) is 4.90 Å². The molecular weight excluding hydrogens is 419 g/mol. The molecule has 3 atom stereocenters. The van der Waals surface area contributed by atoms with Crippen molar-refractivity contribution in [2.24, 2.45) is 11.7 Å². The lowest BCUT2D eigenvalue weighted by molar-refractivity contribution is 0.250. The van der Waals surface area contributed by atoms with Gasteiger partial charge in [0, 0.05) is 24.3 Å². The molecule has 2 N–H and O–H groups in total. The highest BCUT2D eigenvalue weighted by atomic mass is 31.0. The Hall–Kier alpha value is -1.11. The van der Waals surface area contributed by atoms with Crippen LogP contribution >= 0.6 is 9.24 Å². The first-order chi connectivity index (χ1) is 16.1. The van der Waals surface area contributed by atoms with E-state index >= 15 is 0 Å². The van der Waals surface area contributed by atoms with Crippen molar-refractivity contribution in [3.8, 4) is 0 Å². The molecule has 0 radical (unpaired) electrons. The SMILES string of the molecule is C/C=C\C(=C/CC)N(CCC(N)CC(C)CCC)C1Cc2ccccc2C1.CC.CC.CP. The number of hydrogen-bond acceptors (Lipinski definition) is 2. The Labute approximate surface area is 210 Å². The van der Waals surface area contributed by atoms with Crippen molar-refractivity contribution in [3.63, 3.8) is 0 Å². The second-order valence-electron chi connectivity index (χ2n) is 8.24. The number of allylic oxidation sites excluding steroid dienone is 3. The van der Waals surface area contributed by atoms with Gasteiger partial charge in [0.15, 0.2) is 0 Å². The van der Waals surface area contributed by atoms with E-state index in [4.69, 9.17) is 5.73 Å². The van der Waals surface area contributed by atoms with Gasteiger partial charge in [0.2, 0.25) is 0 Å². The highest BCUT2D eigenvalue weighted by Crippen LogP contribution is 2.28. The van der Waals surface area contributed by atoms with E-state index in [0.29, 0.717) is 12.1 Å². The van der Waals surface area contributed by atoms with E-state index in [-0.39, 0.29) is 0 Å². The first kappa shape index (κ1) is 34.1. The number of nitrogens with zero attached hydrogens (tertiary/aromatic N) is 1. The molecular formula is C30H57N2P. The lowest BCUT2D eigenvalue weighted by Crippen LogP contribution is -2.38. The topological polar surface area (TPSA) is 29.3 Å². The normalized spacial score (nSPS) is 14.7. The molecule has 0 saturated carbocycles. The van der Waals surface area contributed by atoms with E-state index in [0.717, 1.165) is 44.6 Å². The smallest absolute Gasteiger partial charge is 0.0370 e. The maximum atomic E-state index is 6.52. The predicted octanol–water partition coefficient (Wildman–Crippen LogP) is 8.41. The maximum Gasteiger partial charge on any atom is 0.0370 e. The first-order valence-corrected chi connectivity index (χ1v) is 14.7. The fourth-order valence-corrected chi connectivity index (χ4v) is 4.49. The summed E-state index contributed by atoms with van der Waals surface area (Å²) in [5, 5.41) is 0. The van der Waals surface area contributed by atoms with E-state index in [9.17, 15) is 0 Å². The van der Waals surface area contributed by atoms with E-state index < -0.39 is 0 Å². The summed E-state index contributed by atoms with van der Waals surface area (Å²) in [6.07, 6.45) is 14.9. The summed E-state index contributed by atoms with van der Waals surface area (Å²) in [5.41, 5.74) is 10.9. The third-order valence-corrected chi connectivity index (χ3v) is 5.78. The van der Waals surface area contributed by atoms with Gasteiger partial charge in [-0.1, -0.05) is 104 Å². The maximum absolute atomic E-state index is 6.52. The zero-order chi connectivity index (χ0) is 25.6. The van der Waals surface area contributed by atoms with Gasteiger partial charge < -0.3 is 10.6 Å². The second-order valence-corrected chi connectivity index (χ2v) is 8.24. The summed E-state index contributed by atoms with van der Waals surface area (Å²) in [4.78, 5) is 2.63. The molecule has 0 aliphatic heterocycles. The van der Waals surface area contributed by atoms with Crippen molar-refractivity contribution in [3.05, 3.63) is 59.3 Å². The molecule has 0 bridgehead atoms. The van der Waals surface area contributed by atoms with Gasteiger partial charge in [-0.15, -0.1) is 9.24 Å². The molecule has 1 aromatic rings. The van der Waals surface area contributed by atoms with Gasteiger partial charge in [-0.3, -0.25) is 0 Å². The van der Waals surface area contributed by atoms with Gasteiger partial charge in [0.1, 0.15) is 0 Å². The van der Waals surface area contributed by atoms with Crippen LogP contribution in [0.1, 0.15) is 98.6 Å². The van der Waals surface area contributed by atoms with Crippen LogP contribution in [-0.2, 0) is 12.8 Å². The van der Waals surface area contributed by atoms with Crippen LogP contribution in [0.15, 0.2) is 48.2 Å². The Morgan fingerprint density at radius 2 is 1.61 bits per heavy atom. The minimum atomic E-state index is 0.298. The second kappa shape index (κ2) is 22.7. The number of benzene rings is 1. The van der Waals surface area contributed by atoms with Gasteiger partial charge >= 0.3 is 0 Å². The zero-order valence-electron chi connectivity index (χ0n) is 23.5. The monoisotopic (exact) mass is 476 g/mol. The zero-order valence-corrected chi connectivity index (χ0v) is 24.7. The number of nitrogens with two attached hydrogens (primary N) is 1. The largest absolute Gasteiger partial charge is 0.368 e. The van der Waals surface area contributed by atoms with Gasteiger partial charge in [0.25, 0.3) is 0 Å². The van der Waals surface area contributed by atoms with Crippen molar-refractivity contribution in [2.75, 3.05) is 13.2 Å². The quantitative estimate of drug-likeness (QED) is 0.256. The molecule has 0 aromatic heterocycles. The van der Waals surface area contributed by atoms with Crippen LogP contribution in [0.3, 0.4) is 0 Å². The van der Waals surface area contributed by atoms with Crippen LogP contribution in [0.25, 0.3) is 0 Å². The summed E-state index contributed by atoms with van der Waals surface area (Å²) in [6.45, 7) is 19.9. The Morgan fingerprint density at radius 1 is 1.06 bits per heavy atom. The summed E-state index contributed by atoms with van der Waals surface area (Å²) < 4.78 is 0. The van der Waals surface area contributed by atoms with E-state index in [1.165, 1.54) is 29.7 Å². The molecule has 3 heteroatoms. The lowest BCUT2D eigenvalue weighted by Gasteiger charge is -2.33. The number of fused-ring (bicyclic) bond motifs is 1. The molecule has 1 aliphatic carbocycles. The van der Waals surface area contributed by atoms with Gasteiger partial charge in [-0.05, 0) is 62.1 Å². The van der Waals surface area contributed by atoms with Crippen LogP contribution in [-0.4, -0.2) is 30.2 Å². The molecule has 2 rings (SSSR count). The van der Waals surface area contributed by atoms with Crippen LogP contribution in [0.2, 0.25) is 0 Å². The molecule has 0 spiro atoms. The molecule has 1 aromatic carbocycles. The lowest BCUT2D eigenvalue weighted by atomic mass is 9.95. The van der Waals surface area contributed by atoms with Crippen LogP contribution < -0.4 is 5.73 Å². The minimum Gasteiger partial charge on any atom is -0.368 e. The summed E-state index contributed by atoms with van der Waals surface area (Å²) in [5.74, 6) is 0.732. The fourth-order valence-electron chi connectivity index (χ4n) is 4.49. The molecule has 0 saturated heterocycles. The third kappa shape index (κ3) is 13.4. The molecule has 2 nitrogen and oxygen atoms in total. The molecule has 0 amide bonds. The molecule has 1 aliphatic rings. The predicted molar refractivity (Wildman–Crippen MR) is 157 cm³/mol. The first-order valence-electron chi connectivity index (χ1n) is 13.6. The van der Waals surface area contributed by atoms with E-state index in [2.05, 4.69) is 84.3 Å². The highest BCUT2D eigenvalue weighted by Gasteiger charge is 2.27. The minimum absolute atomic E-state index is 0.298. The van der Waals surface area contributed by atoms with Crippen molar-refractivity contribution >= 4 is 9.24 Å². The molecule has 0 heterocycles. The Kier molecular flexibility index (Phi) is 23.4. The van der Waals surface area contributed by atoms with Crippen molar-refractivity contribution < 1.29 is 0 Å². The Bertz CT molecular complexity index is 598. The van der Waals surface area contributed by atoms with Crippen LogP contribution in [0.4, 0.5) is 0 Å². The van der Waals surface area contributed by atoms with Gasteiger partial charge in [-0.2, -0.15) is 0 Å². The average Bonchev–Trinajstić information content (AvgIpc) is 3.27. The summed E-state index contributed by atoms with van der Waals surface area (Å²) in [7, 11) is 2.42. The number of hydrogen-bond donors (Lipinski definition) is 1. The van der Waals surface area contributed by atoms with Gasteiger partial charge in [-0.25, -0.2) is 0 Å². The van der Waals surface area contributed by atoms with Crippen LogP contribution in [0, 0.1) is 5.92 Å².